The molecule has 1 aromatic heterocycles. The zero-order valence-electron chi connectivity index (χ0n) is 8.40. The zero-order chi connectivity index (χ0) is 11.7. The quantitative estimate of drug-likeness (QED) is 0.872. The topological polar surface area (TPSA) is 63.3 Å². The van der Waals surface area contributed by atoms with Gasteiger partial charge in [0.2, 0.25) is 0 Å². The first kappa shape index (κ1) is 10.7. The van der Waals surface area contributed by atoms with Crippen LogP contribution < -0.4 is 0 Å². The molecule has 0 aliphatic heterocycles. The van der Waals surface area contributed by atoms with Gasteiger partial charge in [-0.2, -0.15) is 4.98 Å². The standard InChI is InChI=1S/C11H8ClNO3/c1-6-2-4-7(5-3-6)9-8(10(14)15)13-11(12)16-9/h2-5H,1H3,(H,14,15). The number of nitrogens with zero attached hydrogens (tertiary/aromatic N) is 1. The van der Waals surface area contributed by atoms with Gasteiger partial charge >= 0.3 is 5.97 Å². The number of aryl methyl sites for hydroxylation is 1. The number of carboxylic acid groups (broad SMARTS) is 1. The first-order valence-corrected chi connectivity index (χ1v) is 4.92. The van der Waals surface area contributed by atoms with E-state index in [0.29, 0.717) is 5.56 Å². The Bertz CT molecular complexity index is 531. The van der Waals surface area contributed by atoms with Gasteiger partial charge in [0, 0.05) is 5.56 Å². The Morgan fingerprint density at radius 3 is 2.56 bits per heavy atom. The van der Waals surface area contributed by atoms with E-state index in [1.54, 1.807) is 12.1 Å². The molecule has 0 fully saturated rings. The molecular formula is C11H8ClNO3. The predicted molar refractivity (Wildman–Crippen MR) is 58.6 cm³/mol. The van der Waals surface area contributed by atoms with Crippen LogP contribution in [-0.2, 0) is 0 Å². The zero-order valence-corrected chi connectivity index (χ0v) is 9.15. The lowest BCUT2D eigenvalue weighted by Crippen LogP contribution is -1.98. The van der Waals surface area contributed by atoms with E-state index in [0.717, 1.165) is 5.56 Å². The van der Waals surface area contributed by atoms with Crippen molar-refractivity contribution < 1.29 is 14.3 Å². The average molecular weight is 238 g/mol. The SMILES string of the molecule is Cc1ccc(-c2oc(Cl)nc2C(=O)O)cc1. The number of benzene rings is 1. The van der Waals surface area contributed by atoms with Crippen LogP contribution in [0.25, 0.3) is 11.3 Å². The maximum atomic E-state index is 10.9. The molecule has 2 aromatic rings. The lowest BCUT2D eigenvalue weighted by Gasteiger charge is -1.98. The smallest absolute Gasteiger partial charge is 0.358 e. The fourth-order valence-corrected chi connectivity index (χ4v) is 1.50. The van der Waals surface area contributed by atoms with Gasteiger partial charge in [0.1, 0.15) is 0 Å². The summed E-state index contributed by atoms with van der Waals surface area (Å²) in [7, 11) is 0. The molecule has 0 aliphatic rings. The van der Waals surface area contributed by atoms with Crippen LogP contribution in [0, 0.1) is 6.92 Å². The molecule has 1 N–H and O–H groups in total. The Morgan fingerprint density at radius 1 is 1.38 bits per heavy atom. The summed E-state index contributed by atoms with van der Waals surface area (Å²) in [4.78, 5) is 14.5. The molecule has 1 heterocycles. The Kier molecular flexibility index (Phi) is 2.66. The van der Waals surface area contributed by atoms with Crippen molar-refractivity contribution in [3.63, 3.8) is 0 Å². The van der Waals surface area contributed by atoms with Gasteiger partial charge < -0.3 is 9.52 Å². The molecule has 16 heavy (non-hydrogen) atoms. The van der Waals surface area contributed by atoms with Crippen LogP contribution in [0.1, 0.15) is 16.1 Å². The largest absolute Gasteiger partial charge is 0.476 e. The number of aromatic nitrogens is 1. The van der Waals surface area contributed by atoms with E-state index in [1.807, 2.05) is 19.1 Å². The second kappa shape index (κ2) is 3.98. The molecule has 0 unspecified atom stereocenters. The Morgan fingerprint density at radius 2 is 2.00 bits per heavy atom. The number of carbonyl (C=O) groups is 1. The van der Waals surface area contributed by atoms with E-state index in [-0.39, 0.29) is 16.8 Å². The number of carboxylic acids is 1. The summed E-state index contributed by atoms with van der Waals surface area (Å²) in [5.74, 6) is -0.983. The van der Waals surface area contributed by atoms with E-state index in [2.05, 4.69) is 4.98 Å². The number of rotatable bonds is 2. The van der Waals surface area contributed by atoms with Crippen LogP contribution in [0.15, 0.2) is 28.7 Å². The first-order valence-electron chi connectivity index (χ1n) is 4.54. The van der Waals surface area contributed by atoms with Gasteiger partial charge in [-0.05, 0) is 18.5 Å². The van der Waals surface area contributed by atoms with E-state index in [9.17, 15) is 4.79 Å². The molecule has 0 aliphatic carbocycles. The molecule has 2 rings (SSSR count). The third-order valence-corrected chi connectivity index (χ3v) is 2.28. The molecular weight excluding hydrogens is 230 g/mol. The highest BCUT2D eigenvalue weighted by Gasteiger charge is 2.19. The fourth-order valence-electron chi connectivity index (χ4n) is 1.34. The van der Waals surface area contributed by atoms with Crippen molar-refractivity contribution in [2.24, 2.45) is 0 Å². The molecule has 0 amide bonds. The number of hydrogen-bond acceptors (Lipinski definition) is 3. The summed E-state index contributed by atoms with van der Waals surface area (Å²) >= 11 is 5.55. The van der Waals surface area contributed by atoms with Crippen LogP contribution in [0.2, 0.25) is 5.35 Å². The van der Waals surface area contributed by atoms with Gasteiger partial charge in [0.25, 0.3) is 5.35 Å². The van der Waals surface area contributed by atoms with Gasteiger partial charge in [0.15, 0.2) is 11.5 Å². The van der Waals surface area contributed by atoms with Crippen LogP contribution in [0.5, 0.6) is 0 Å². The van der Waals surface area contributed by atoms with Crippen LogP contribution in [-0.4, -0.2) is 16.1 Å². The minimum absolute atomic E-state index is 0.172. The highest BCUT2D eigenvalue weighted by atomic mass is 35.5. The minimum atomic E-state index is -1.16. The van der Waals surface area contributed by atoms with Gasteiger partial charge in [-0.15, -0.1) is 0 Å². The summed E-state index contributed by atoms with van der Waals surface area (Å²) in [6.07, 6.45) is 0. The monoisotopic (exact) mass is 237 g/mol. The molecule has 0 bridgehead atoms. The summed E-state index contributed by atoms with van der Waals surface area (Å²) in [6, 6.07) is 7.24. The number of halogens is 1. The highest BCUT2D eigenvalue weighted by Crippen LogP contribution is 2.27. The Hall–Kier alpha value is -1.81. The number of aromatic carboxylic acids is 1. The van der Waals surface area contributed by atoms with E-state index < -0.39 is 5.97 Å². The van der Waals surface area contributed by atoms with Crippen molar-refractivity contribution in [3.8, 4) is 11.3 Å². The van der Waals surface area contributed by atoms with Crippen molar-refractivity contribution in [2.75, 3.05) is 0 Å². The molecule has 0 spiro atoms. The maximum Gasteiger partial charge on any atom is 0.358 e. The van der Waals surface area contributed by atoms with Crippen LogP contribution in [0.3, 0.4) is 0 Å². The van der Waals surface area contributed by atoms with Gasteiger partial charge in [-0.3, -0.25) is 0 Å². The second-order valence-corrected chi connectivity index (χ2v) is 3.64. The maximum absolute atomic E-state index is 10.9. The molecule has 0 saturated heterocycles. The second-order valence-electron chi connectivity index (χ2n) is 3.32. The lowest BCUT2D eigenvalue weighted by molar-refractivity contribution is 0.0691. The van der Waals surface area contributed by atoms with E-state index in [1.165, 1.54) is 0 Å². The first-order chi connectivity index (χ1) is 7.58. The van der Waals surface area contributed by atoms with Gasteiger partial charge in [-0.1, -0.05) is 29.8 Å². The Balaban J connectivity index is 2.55. The highest BCUT2D eigenvalue weighted by molar-refractivity contribution is 6.28. The van der Waals surface area contributed by atoms with Crippen molar-refractivity contribution in [1.29, 1.82) is 0 Å². The molecule has 1 aromatic carbocycles. The fraction of sp³-hybridized carbons (Fsp3) is 0.0909. The average Bonchev–Trinajstić information content (AvgIpc) is 2.61. The van der Waals surface area contributed by atoms with E-state index >= 15 is 0 Å². The summed E-state index contributed by atoms with van der Waals surface area (Å²) in [6.45, 7) is 1.94. The van der Waals surface area contributed by atoms with Crippen molar-refractivity contribution in [1.82, 2.24) is 4.98 Å². The van der Waals surface area contributed by atoms with Gasteiger partial charge in [0.05, 0.1) is 0 Å². The summed E-state index contributed by atoms with van der Waals surface area (Å²) in [5.41, 5.74) is 1.54. The Labute approximate surface area is 96.5 Å². The molecule has 0 saturated carbocycles. The molecule has 5 heteroatoms. The summed E-state index contributed by atoms with van der Waals surface area (Å²) < 4.78 is 5.08. The molecule has 0 atom stereocenters. The number of oxazole rings is 1. The molecule has 82 valence electrons. The minimum Gasteiger partial charge on any atom is -0.476 e. The van der Waals surface area contributed by atoms with Crippen LogP contribution in [0.4, 0.5) is 0 Å². The predicted octanol–water partition coefficient (Wildman–Crippen LogP) is 3.00. The summed E-state index contributed by atoms with van der Waals surface area (Å²) in [5, 5.41) is 8.74. The lowest BCUT2D eigenvalue weighted by atomic mass is 10.1. The van der Waals surface area contributed by atoms with Gasteiger partial charge in [-0.25, -0.2) is 4.79 Å². The molecule has 0 radical (unpaired) electrons. The van der Waals surface area contributed by atoms with E-state index in [4.69, 9.17) is 21.1 Å². The van der Waals surface area contributed by atoms with Crippen LogP contribution >= 0.6 is 11.6 Å². The van der Waals surface area contributed by atoms with Crippen molar-refractivity contribution in [3.05, 3.63) is 40.9 Å². The van der Waals surface area contributed by atoms with Crippen molar-refractivity contribution >= 4 is 17.6 Å². The third kappa shape index (κ3) is 1.92. The van der Waals surface area contributed by atoms with Crippen molar-refractivity contribution in [2.45, 2.75) is 6.92 Å². The third-order valence-electron chi connectivity index (χ3n) is 2.12. The normalized spacial score (nSPS) is 10.4. The number of hydrogen-bond donors (Lipinski definition) is 1. The molecule has 4 nitrogen and oxygen atoms in total.